The van der Waals surface area contributed by atoms with Gasteiger partial charge < -0.3 is 29.7 Å². The van der Waals surface area contributed by atoms with Crippen LogP contribution in [0.1, 0.15) is 12.6 Å². The molecule has 1 saturated heterocycles. The lowest BCUT2D eigenvalue weighted by atomic mass is 10.1. The van der Waals surface area contributed by atoms with Gasteiger partial charge in [-0.2, -0.15) is 0 Å². The van der Waals surface area contributed by atoms with Crippen LogP contribution in [0.3, 0.4) is 0 Å². The van der Waals surface area contributed by atoms with Crippen LogP contribution in [-0.2, 0) is 28.6 Å². The van der Waals surface area contributed by atoms with E-state index in [0.29, 0.717) is 11.2 Å². The van der Waals surface area contributed by atoms with Crippen molar-refractivity contribution in [3.8, 4) is 0 Å². The van der Waals surface area contributed by atoms with Gasteiger partial charge in [-0.3, -0.25) is 9.13 Å². The van der Waals surface area contributed by atoms with Gasteiger partial charge in [-0.05, 0) is 6.42 Å². The Morgan fingerprint density at radius 3 is 2.55 bits per heavy atom. The quantitative estimate of drug-likeness (QED) is 0.428. The molecule has 0 amide bonds. The van der Waals surface area contributed by atoms with Gasteiger partial charge >= 0.3 is 7.60 Å². The molecule has 0 aliphatic carbocycles. The molecule has 0 unspecified atom stereocenters. The van der Waals surface area contributed by atoms with Crippen molar-refractivity contribution in [3.63, 3.8) is 0 Å². The third-order valence-corrected chi connectivity index (χ3v) is 8.35. The number of ether oxygens (including phenoxy) is 3. The molecule has 2 aromatic heterocycles. The molecule has 1 aliphatic rings. The number of nitrogen functional groups attached to an aromatic ring is 1. The van der Waals surface area contributed by atoms with Crippen LogP contribution in [0.15, 0.2) is 12.7 Å². The number of hydrogen-bond acceptors (Lipinski definition) is 10. The molecule has 0 spiro atoms. The van der Waals surface area contributed by atoms with Crippen LogP contribution in [0, 0.1) is 0 Å². The highest BCUT2D eigenvalue weighted by Gasteiger charge is 2.47. The Balaban J connectivity index is 1.84. The summed E-state index contributed by atoms with van der Waals surface area (Å²) in [5.74, 6) is -0.282. The molecule has 0 aromatic carbocycles. The van der Waals surface area contributed by atoms with Crippen molar-refractivity contribution < 1.29 is 37.0 Å². The number of nitrogens with zero attached hydrogens (tertiary/aromatic N) is 4. The molecule has 4 atom stereocenters. The number of methoxy groups -OCH3 is 2. The number of hydrogen-bond donors (Lipinski definition) is 3. The van der Waals surface area contributed by atoms with Crippen LogP contribution in [0.4, 0.5) is 5.82 Å². The maximum atomic E-state index is 12.0. The van der Waals surface area contributed by atoms with Crippen LogP contribution < -0.4 is 5.73 Å². The molecular formula is C14H22N5O8PS. The van der Waals surface area contributed by atoms with Crippen molar-refractivity contribution in [2.24, 2.45) is 0 Å². The number of imidazole rings is 1. The van der Waals surface area contributed by atoms with E-state index >= 15 is 0 Å². The van der Waals surface area contributed by atoms with Crippen molar-refractivity contribution in [1.29, 1.82) is 0 Å². The lowest BCUT2D eigenvalue weighted by molar-refractivity contribution is -0.0517. The van der Waals surface area contributed by atoms with Crippen molar-refractivity contribution in [1.82, 2.24) is 19.5 Å². The summed E-state index contributed by atoms with van der Waals surface area (Å²) in [6.07, 6.45) is 0.00585. The number of anilines is 1. The highest BCUT2D eigenvalue weighted by molar-refractivity contribution is 7.97. The van der Waals surface area contributed by atoms with E-state index in [9.17, 15) is 13.0 Å². The van der Waals surface area contributed by atoms with Gasteiger partial charge in [0.15, 0.2) is 33.0 Å². The molecule has 1 fully saturated rings. The zero-order valence-corrected chi connectivity index (χ0v) is 17.4. The fraction of sp³-hybridized carbons (Fsp3) is 0.643. The van der Waals surface area contributed by atoms with E-state index in [-0.39, 0.29) is 12.2 Å². The minimum Gasteiger partial charge on any atom is -0.382 e. The molecule has 162 valence electrons. The molecule has 2 aromatic rings. The Morgan fingerprint density at radius 1 is 1.24 bits per heavy atom. The molecule has 0 saturated carbocycles. The maximum Gasteiger partial charge on any atom is 0.340 e. The van der Waals surface area contributed by atoms with E-state index in [1.807, 2.05) is 0 Å². The smallest absolute Gasteiger partial charge is 0.340 e. The van der Waals surface area contributed by atoms with E-state index in [0.717, 1.165) is 0 Å². The van der Waals surface area contributed by atoms with Gasteiger partial charge in [0, 0.05) is 14.2 Å². The second kappa shape index (κ2) is 8.22. The van der Waals surface area contributed by atoms with E-state index in [4.69, 9.17) is 29.7 Å². The molecule has 3 heterocycles. The summed E-state index contributed by atoms with van der Waals surface area (Å²) in [4.78, 5) is 30.1. The standard InChI is InChI=1S/C14H22N5O8PS/c1-25-10-8(3-4-29(23,24)7-28(20,21)22)27-14(11(10)26-2)19-6-18-9-12(15)16-5-17-13(9)19/h5-6,8,10-11,14H,3-4,7H2,1-2H3,(H2,15,16,17)(H2,20,21,22)/t8-,10-,11-,14-/m1/s1. The summed E-state index contributed by atoms with van der Waals surface area (Å²) in [5, 5.41) is 0. The normalized spacial score (nSPS) is 25.7. The zero-order chi connectivity index (χ0) is 21.4. The van der Waals surface area contributed by atoms with Crippen LogP contribution >= 0.6 is 7.60 Å². The van der Waals surface area contributed by atoms with Crippen molar-refractivity contribution in [2.75, 3.05) is 31.2 Å². The Morgan fingerprint density at radius 2 is 1.93 bits per heavy atom. The summed E-state index contributed by atoms with van der Waals surface area (Å²) in [6, 6.07) is 0. The van der Waals surface area contributed by atoms with Gasteiger partial charge in [-0.1, -0.05) is 0 Å². The van der Waals surface area contributed by atoms with Crippen LogP contribution in [0.25, 0.3) is 11.2 Å². The molecule has 0 bridgehead atoms. The predicted molar refractivity (Wildman–Crippen MR) is 101 cm³/mol. The Kier molecular flexibility index (Phi) is 6.24. The van der Waals surface area contributed by atoms with E-state index in [1.54, 1.807) is 4.57 Å². The van der Waals surface area contributed by atoms with E-state index < -0.39 is 53.2 Å². The fourth-order valence-corrected chi connectivity index (χ4v) is 6.53. The SMILES string of the molecule is CO[C@@H]1[C@H](OC)[C@@H](CCS(=O)(=O)CP(=O)(O)O)O[C@H]1n1cnc2c(N)ncnc21. The van der Waals surface area contributed by atoms with E-state index in [1.165, 1.54) is 26.9 Å². The summed E-state index contributed by atoms with van der Waals surface area (Å²) in [7, 11) is -5.79. The first-order chi connectivity index (χ1) is 13.6. The van der Waals surface area contributed by atoms with Crippen LogP contribution in [0.2, 0.25) is 0 Å². The van der Waals surface area contributed by atoms with Gasteiger partial charge in [-0.15, -0.1) is 0 Å². The maximum absolute atomic E-state index is 12.0. The third-order valence-electron chi connectivity index (χ3n) is 4.57. The minimum absolute atomic E-state index is 0.0407. The Bertz CT molecular complexity index is 1020. The lowest BCUT2D eigenvalue weighted by Crippen LogP contribution is -2.36. The van der Waals surface area contributed by atoms with Gasteiger partial charge in [0.1, 0.15) is 24.1 Å². The number of nitrogens with two attached hydrogens (primary N) is 1. The first-order valence-corrected chi connectivity index (χ1v) is 12.1. The van der Waals surface area contributed by atoms with Crippen LogP contribution in [-0.4, -0.2) is 81.5 Å². The number of rotatable bonds is 8. The van der Waals surface area contributed by atoms with E-state index in [2.05, 4.69) is 15.0 Å². The molecule has 1 aliphatic heterocycles. The van der Waals surface area contributed by atoms with Gasteiger partial charge in [-0.25, -0.2) is 23.4 Å². The summed E-state index contributed by atoms with van der Waals surface area (Å²) in [6.45, 7) is 0. The minimum atomic E-state index is -4.70. The number of sulfone groups is 1. The topological polar surface area (TPSA) is 189 Å². The van der Waals surface area contributed by atoms with Crippen LogP contribution in [0.5, 0.6) is 0 Å². The molecule has 4 N–H and O–H groups in total. The van der Waals surface area contributed by atoms with Gasteiger partial charge in [0.05, 0.1) is 18.2 Å². The zero-order valence-electron chi connectivity index (χ0n) is 15.7. The highest BCUT2D eigenvalue weighted by Crippen LogP contribution is 2.38. The first kappa shape index (κ1) is 22.0. The Labute approximate surface area is 166 Å². The first-order valence-electron chi connectivity index (χ1n) is 8.45. The number of fused-ring (bicyclic) bond motifs is 1. The predicted octanol–water partition coefficient (Wildman–Crippen LogP) is -0.724. The third kappa shape index (κ3) is 4.74. The average molecular weight is 451 g/mol. The fourth-order valence-electron chi connectivity index (χ4n) is 3.37. The Hall–Kier alpha value is -1.67. The second-order valence-electron chi connectivity index (χ2n) is 6.58. The van der Waals surface area contributed by atoms with Gasteiger partial charge in [0.2, 0.25) is 0 Å². The molecular weight excluding hydrogens is 429 g/mol. The summed E-state index contributed by atoms with van der Waals surface area (Å²) < 4.78 is 53.6. The molecule has 15 heteroatoms. The largest absolute Gasteiger partial charge is 0.382 e. The second-order valence-corrected chi connectivity index (χ2v) is 10.8. The molecule has 13 nitrogen and oxygen atoms in total. The molecule has 0 radical (unpaired) electrons. The average Bonchev–Trinajstić information content (AvgIpc) is 3.19. The monoisotopic (exact) mass is 451 g/mol. The molecule has 29 heavy (non-hydrogen) atoms. The summed E-state index contributed by atoms with van der Waals surface area (Å²) >= 11 is 0. The lowest BCUT2D eigenvalue weighted by Gasteiger charge is -2.22. The van der Waals surface area contributed by atoms with Crippen molar-refractivity contribution in [3.05, 3.63) is 12.7 Å². The van der Waals surface area contributed by atoms with Crippen molar-refractivity contribution >= 4 is 34.4 Å². The highest BCUT2D eigenvalue weighted by atomic mass is 32.2. The van der Waals surface area contributed by atoms with Gasteiger partial charge in [0.25, 0.3) is 0 Å². The van der Waals surface area contributed by atoms with Crippen molar-refractivity contribution in [2.45, 2.75) is 31.0 Å². The number of aromatic nitrogens is 4. The summed E-state index contributed by atoms with van der Waals surface area (Å²) in [5.41, 5.74) is 5.38. The molecule has 3 rings (SSSR count).